The van der Waals surface area contributed by atoms with Crippen LogP contribution in [0.3, 0.4) is 0 Å². The van der Waals surface area contributed by atoms with E-state index in [1.165, 1.54) is 0 Å². The fraction of sp³-hybridized carbons (Fsp3) is 0.412. The molecule has 0 spiro atoms. The highest BCUT2D eigenvalue weighted by Crippen LogP contribution is 2.26. The van der Waals surface area contributed by atoms with Crippen LogP contribution in [0.1, 0.15) is 24.1 Å². The molecule has 0 radical (unpaired) electrons. The zero-order valence-electron chi connectivity index (χ0n) is 12.9. The zero-order valence-corrected chi connectivity index (χ0v) is 12.9. The van der Waals surface area contributed by atoms with Crippen molar-refractivity contribution in [1.82, 2.24) is 15.1 Å². The van der Waals surface area contributed by atoms with E-state index in [4.69, 9.17) is 4.74 Å². The van der Waals surface area contributed by atoms with Gasteiger partial charge in [0.05, 0.1) is 5.60 Å². The second-order valence-corrected chi connectivity index (χ2v) is 6.01. The fourth-order valence-corrected chi connectivity index (χ4v) is 2.83. The minimum Gasteiger partial charge on any atom is -0.445 e. The van der Waals surface area contributed by atoms with E-state index < -0.39 is 5.60 Å². The van der Waals surface area contributed by atoms with Gasteiger partial charge in [-0.25, -0.2) is 4.79 Å². The lowest BCUT2D eigenvalue weighted by Crippen LogP contribution is -2.47. The maximum absolute atomic E-state index is 12.1. The van der Waals surface area contributed by atoms with E-state index in [0.29, 0.717) is 32.4 Å². The average Bonchev–Trinajstić information content (AvgIpc) is 3.06. The van der Waals surface area contributed by atoms with Gasteiger partial charge < -0.3 is 14.7 Å². The third-order valence-electron chi connectivity index (χ3n) is 4.24. The summed E-state index contributed by atoms with van der Waals surface area (Å²) in [6.07, 6.45) is 2.95. The number of aromatic nitrogens is 2. The summed E-state index contributed by atoms with van der Waals surface area (Å²) in [5.41, 5.74) is 1.09. The number of benzene rings is 1. The van der Waals surface area contributed by atoms with Crippen molar-refractivity contribution >= 4 is 6.09 Å². The van der Waals surface area contributed by atoms with Gasteiger partial charge >= 0.3 is 6.09 Å². The third kappa shape index (κ3) is 4.10. The van der Waals surface area contributed by atoms with E-state index in [-0.39, 0.29) is 12.7 Å². The van der Waals surface area contributed by atoms with Gasteiger partial charge in [0.1, 0.15) is 6.61 Å². The van der Waals surface area contributed by atoms with Crippen molar-refractivity contribution in [3.05, 3.63) is 53.9 Å². The predicted molar refractivity (Wildman–Crippen MR) is 84.7 cm³/mol. The fourth-order valence-electron chi connectivity index (χ4n) is 2.83. The molecule has 1 fully saturated rings. The number of carbonyl (C=O) groups is 1. The van der Waals surface area contributed by atoms with Gasteiger partial charge in [0, 0.05) is 31.4 Å². The Morgan fingerprint density at radius 1 is 1.26 bits per heavy atom. The molecule has 2 aromatic rings. The standard InChI is InChI=1S/C17H21N3O3/c21-16(23-13-14-4-2-1-3-5-14)20-10-7-17(22,8-11-20)12-15-6-9-18-19-15/h1-6,9,22H,7-8,10-13H2,(H,18,19). The smallest absolute Gasteiger partial charge is 0.410 e. The van der Waals surface area contributed by atoms with Crippen LogP contribution in [0.4, 0.5) is 4.79 Å². The molecule has 2 heterocycles. The van der Waals surface area contributed by atoms with E-state index in [1.54, 1.807) is 11.1 Å². The van der Waals surface area contributed by atoms with Crippen molar-refractivity contribution in [2.45, 2.75) is 31.5 Å². The summed E-state index contributed by atoms with van der Waals surface area (Å²) < 4.78 is 5.33. The number of carbonyl (C=O) groups excluding carboxylic acids is 1. The molecule has 1 amide bonds. The largest absolute Gasteiger partial charge is 0.445 e. The summed E-state index contributed by atoms with van der Waals surface area (Å²) in [5, 5.41) is 17.4. The van der Waals surface area contributed by atoms with Crippen molar-refractivity contribution in [1.29, 1.82) is 0 Å². The predicted octanol–water partition coefficient (Wildman–Crippen LogP) is 2.12. The average molecular weight is 315 g/mol. The number of hydrogen-bond donors (Lipinski definition) is 2. The van der Waals surface area contributed by atoms with Crippen LogP contribution in [0.2, 0.25) is 0 Å². The van der Waals surface area contributed by atoms with Crippen LogP contribution in [0.15, 0.2) is 42.6 Å². The van der Waals surface area contributed by atoms with Crippen LogP contribution in [0.25, 0.3) is 0 Å². The van der Waals surface area contributed by atoms with Gasteiger partial charge in [0.15, 0.2) is 0 Å². The van der Waals surface area contributed by atoms with E-state index in [0.717, 1.165) is 11.3 Å². The Labute approximate surface area is 135 Å². The van der Waals surface area contributed by atoms with Gasteiger partial charge in [-0.15, -0.1) is 0 Å². The minimum absolute atomic E-state index is 0.272. The maximum atomic E-state index is 12.1. The molecule has 1 aliphatic rings. The number of ether oxygens (including phenoxy) is 1. The van der Waals surface area contributed by atoms with Gasteiger partial charge in [0.2, 0.25) is 0 Å². The summed E-state index contributed by atoms with van der Waals surface area (Å²) in [6, 6.07) is 11.5. The highest BCUT2D eigenvalue weighted by molar-refractivity contribution is 5.67. The number of rotatable bonds is 4. The Morgan fingerprint density at radius 2 is 2.00 bits per heavy atom. The number of H-pyrrole nitrogens is 1. The molecule has 0 atom stereocenters. The highest BCUT2D eigenvalue weighted by atomic mass is 16.6. The molecule has 1 aromatic carbocycles. The number of amides is 1. The first-order valence-electron chi connectivity index (χ1n) is 7.81. The van der Waals surface area contributed by atoms with Crippen molar-refractivity contribution in [3.63, 3.8) is 0 Å². The molecule has 0 aliphatic carbocycles. The third-order valence-corrected chi connectivity index (χ3v) is 4.24. The van der Waals surface area contributed by atoms with Crippen molar-refractivity contribution in [2.24, 2.45) is 0 Å². The molecule has 3 rings (SSSR count). The van der Waals surface area contributed by atoms with Crippen LogP contribution in [-0.4, -0.2) is 45.0 Å². The first-order chi connectivity index (χ1) is 11.1. The van der Waals surface area contributed by atoms with E-state index >= 15 is 0 Å². The minimum atomic E-state index is -0.789. The Kier molecular flexibility index (Phi) is 4.62. The normalized spacial score (nSPS) is 17.0. The number of likely N-dealkylation sites (tertiary alicyclic amines) is 1. The lowest BCUT2D eigenvalue weighted by molar-refractivity contribution is -0.0212. The number of nitrogens with zero attached hydrogens (tertiary/aromatic N) is 2. The van der Waals surface area contributed by atoms with Gasteiger partial charge in [0.25, 0.3) is 0 Å². The molecule has 122 valence electrons. The van der Waals surface area contributed by atoms with E-state index in [9.17, 15) is 9.90 Å². The SMILES string of the molecule is O=C(OCc1ccccc1)N1CCC(O)(Cc2ccn[nH]2)CC1. The molecule has 0 bridgehead atoms. The summed E-state index contributed by atoms with van der Waals surface area (Å²) >= 11 is 0. The van der Waals surface area contributed by atoms with Crippen molar-refractivity contribution < 1.29 is 14.6 Å². The summed E-state index contributed by atoms with van der Waals surface area (Å²) in [4.78, 5) is 13.8. The molecular weight excluding hydrogens is 294 g/mol. The van der Waals surface area contributed by atoms with Crippen molar-refractivity contribution in [3.8, 4) is 0 Å². The zero-order chi connectivity index (χ0) is 16.1. The van der Waals surface area contributed by atoms with Crippen LogP contribution in [0, 0.1) is 0 Å². The molecule has 1 saturated heterocycles. The lowest BCUT2D eigenvalue weighted by Gasteiger charge is -2.37. The quantitative estimate of drug-likeness (QED) is 0.906. The summed E-state index contributed by atoms with van der Waals surface area (Å²) in [7, 11) is 0. The number of nitrogens with one attached hydrogen (secondary N) is 1. The molecule has 2 N–H and O–H groups in total. The number of aliphatic hydroxyl groups is 1. The summed E-state index contributed by atoms with van der Waals surface area (Å²) in [5.74, 6) is 0. The van der Waals surface area contributed by atoms with Gasteiger partial charge in [-0.05, 0) is 24.5 Å². The van der Waals surface area contributed by atoms with Crippen molar-refractivity contribution in [2.75, 3.05) is 13.1 Å². The second-order valence-electron chi connectivity index (χ2n) is 6.01. The Hall–Kier alpha value is -2.34. The van der Waals surface area contributed by atoms with Gasteiger partial charge in [-0.2, -0.15) is 5.10 Å². The monoisotopic (exact) mass is 315 g/mol. The topological polar surface area (TPSA) is 78.4 Å². The Balaban J connectivity index is 1.47. The van der Waals surface area contributed by atoms with Crippen LogP contribution in [0.5, 0.6) is 0 Å². The molecule has 1 aromatic heterocycles. The van der Waals surface area contributed by atoms with Crippen LogP contribution >= 0.6 is 0 Å². The van der Waals surface area contributed by atoms with E-state index in [1.807, 2.05) is 36.4 Å². The number of piperidine rings is 1. The highest BCUT2D eigenvalue weighted by Gasteiger charge is 2.34. The first kappa shape index (κ1) is 15.6. The molecule has 6 nitrogen and oxygen atoms in total. The Morgan fingerprint density at radius 3 is 2.65 bits per heavy atom. The molecule has 23 heavy (non-hydrogen) atoms. The maximum Gasteiger partial charge on any atom is 0.410 e. The number of aromatic amines is 1. The van der Waals surface area contributed by atoms with Gasteiger partial charge in [-0.1, -0.05) is 30.3 Å². The van der Waals surface area contributed by atoms with Crippen LogP contribution < -0.4 is 0 Å². The van der Waals surface area contributed by atoms with Gasteiger partial charge in [-0.3, -0.25) is 5.10 Å². The lowest BCUT2D eigenvalue weighted by atomic mass is 9.87. The molecular formula is C17H21N3O3. The van der Waals surface area contributed by atoms with Crippen LogP contribution in [-0.2, 0) is 17.8 Å². The molecule has 1 aliphatic heterocycles. The van der Waals surface area contributed by atoms with E-state index in [2.05, 4.69) is 10.2 Å². The Bertz CT molecular complexity index is 620. The molecule has 0 unspecified atom stereocenters. The first-order valence-corrected chi connectivity index (χ1v) is 7.81. The summed E-state index contributed by atoms with van der Waals surface area (Å²) in [6.45, 7) is 1.27. The molecule has 0 saturated carbocycles. The number of hydrogen-bond acceptors (Lipinski definition) is 4. The second kappa shape index (κ2) is 6.83. The molecule has 6 heteroatoms.